The molecule has 0 aliphatic carbocycles. The minimum atomic E-state index is -0.649. The lowest BCUT2D eigenvalue weighted by Crippen LogP contribution is -2.28. The van der Waals surface area contributed by atoms with Gasteiger partial charge in [-0.3, -0.25) is 0 Å². The molecule has 0 radical (unpaired) electrons. The fraction of sp³-hybridized carbons (Fsp3) is 0.348. The van der Waals surface area contributed by atoms with Gasteiger partial charge in [-0.2, -0.15) is 10.2 Å². The van der Waals surface area contributed by atoms with Crippen LogP contribution in [0.5, 0.6) is 23.0 Å². The van der Waals surface area contributed by atoms with Crippen LogP contribution in [0.4, 0.5) is 4.79 Å². The van der Waals surface area contributed by atoms with Crippen LogP contribution in [-0.4, -0.2) is 44.9 Å². The highest BCUT2D eigenvalue weighted by molar-refractivity contribution is 6.33. The van der Waals surface area contributed by atoms with E-state index in [0.717, 1.165) is 0 Å². The Morgan fingerprint density at radius 1 is 0.794 bits per heavy atom. The zero-order valence-corrected chi connectivity index (χ0v) is 21.3. The number of carbonyl (C=O) groups excluding carboxylic acids is 1. The predicted octanol–water partition coefficient (Wildman–Crippen LogP) is 5.25. The van der Waals surface area contributed by atoms with Crippen molar-refractivity contribution in [2.75, 3.05) is 14.2 Å². The minimum absolute atomic E-state index is 0.0764. The topological polar surface area (TPSA) is 103 Å². The number of hydrogen-bond acceptors (Lipinski definition) is 7. The van der Waals surface area contributed by atoms with E-state index in [1.165, 1.54) is 26.6 Å². The summed E-state index contributed by atoms with van der Waals surface area (Å²) in [5.74, 6) is 1.79. The van der Waals surface area contributed by atoms with Crippen molar-refractivity contribution in [3.8, 4) is 23.0 Å². The Bertz CT molecular complexity index is 977. The lowest BCUT2D eigenvalue weighted by atomic mass is 10.2. The third kappa shape index (κ3) is 8.00. The molecule has 0 bridgehead atoms. The molecule has 0 aliphatic rings. The minimum Gasteiger partial charge on any atom is -0.491 e. The van der Waals surface area contributed by atoms with Gasteiger partial charge in [-0.05, 0) is 63.1 Å². The van der Waals surface area contributed by atoms with E-state index in [1.807, 2.05) is 27.7 Å². The molecular formula is C23H28Cl2N4O5. The molecule has 0 aromatic heterocycles. The van der Waals surface area contributed by atoms with E-state index >= 15 is 0 Å². The molecule has 0 spiro atoms. The Labute approximate surface area is 209 Å². The SMILES string of the molecule is COc1c(Cl)cc(C=NNC(=O)N/N=C/c2cc(Cl)c(OC)c(OC(C)C)c2)cc1OC(C)C. The molecule has 0 aliphatic heterocycles. The number of ether oxygens (including phenoxy) is 4. The van der Waals surface area contributed by atoms with E-state index in [0.29, 0.717) is 44.2 Å². The van der Waals surface area contributed by atoms with Crippen molar-refractivity contribution < 1.29 is 23.7 Å². The number of methoxy groups -OCH3 is 2. The van der Waals surface area contributed by atoms with Crippen LogP contribution in [-0.2, 0) is 0 Å². The van der Waals surface area contributed by atoms with Crippen LogP contribution in [0, 0.1) is 0 Å². The highest BCUT2D eigenvalue weighted by Crippen LogP contribution is 2.37. The van der Waals surface area contributed by atoms with Crippen LogP contribution in [0.3, 0.4) is 0 Å². The van der Waals surface area contributed by atoms with Crippen molar-refractivity contribution in [1.82, 2.24) is 10.9 Å². The van der Waals surface area contributed by atoms with Crippen molar-refractivity contribution in [3.05, 3.63) is 45.4 Å². The first-order valence-electron chi connectivity index (χ1n) is 10.3. The maximum Gasteiger partial charge on any atom is 0.355 e. The first kappa shape index (κ1) is 27.1. The number of hydrogen-bond donors (Lipinski definition) is 2. The fourth-order valence-corrected chi connectivity index (χ4v) is 3.35. The third-order valence-electron chi connectivity index (χ3n) is 3.96. The first-order valence-corrected chi connectivity index (χ1v) is 11.1. The van der Waals surface area contributed by atoms with Crippen LogP contribution < -0.4 is 29.8 Å². The largest absolute Gasteiger partial charge is 0.491 e. The molecule has 0 heterocycles. The average Bonchev–Trinajstić information content (AvgIpc) is 2.73. The van der Waals surface area contributed by atoms with E-state index in [1.54, 1.807) is 24.3 Å². The summed E-state index contributed by atoms with van der Waals surface area (Å²) in [6, 6.07) is 6.04. The second kappa shape index (κ2) is 12.9. The number of urea groups is 1. The summed E-state index contributed by atoms with van der Waals surface area (Å²) in [6.45, 7) is 7.55. The van der Waals surface area contributed by atoms with Crippen LogP contribution in [0.1, 0.15) is 38.8 Å². The molecule has 2 rings (SSSR count). The van der Waals surface area contributed by atoms with Crippen LogP contribution >= 0.6 is 23.2 Å². The second-order valence-corrected chi connectivity index (χ2v) is 8.28. The molecule has 184 valence electrons. The van der Waals surface area contributed by atoms with Crippen molar-refractivity contribution in [3.63, 3.8) is 0 Å². The molecule has 0 fully saturated rings. The summed E-state index contributed by atoms with van der Waals surface area (Å²) in [6.07, 6.45) is 2.68. The van der Waals surface area contributed by atoms with E-state index in [9.17, 15) is 4.79 Å². The van der Waals surface area contributed by atoms with E-state index in [2.05, 4.69) is 21.1 Å². The molecule has 2 N–H and O–H groups in total. The van der Waals surface area contributed by atoms with Gasteiger partial charge in [0.2, 0.25) is 0 Å². The van der Waals surface area contributed by atoms with Gasteiger partial charge >= 0.3 is 6.03 Å². The van der Waals surface area contributed by atoms with E-state index in [4.69, 9.17) is 42.1 Å². The first-order chi connectivity index (χ1) is 16.1. The molecular weight excluding hydrogens is 483 g/mol. The molecule has 0 atom stereocenters. The number of carbonyl (C=O) groups is 1. The van der Waals surface area contributed by atoms with Crippen molar-refractivity contribution in [2.24, 2.45) is 10.2 Å². The standard InChI is InChI=1S/C23H28Cl2N4O5/c1-13(2)33-19-9-15(7-17(24)21(19)31-5)11-26-28-23(30)29-27-12-16-8-18(25)22(32-6)20(10-16)34-14(3)4/h7-14H,1-6H3,(H2,28,29,30)/b26-11+,27-12?. The number of nitrogens with one attached hydrogen (secondary N) is 2. The Morgan fingerprint density at radius 3 is 1.50 bits per heavy atom. The molecule has 34 heavy (non-hydrogen) atoms. The predicted molar refractivity (Wildman–Crippen MR) is 134 cm³/mol. The van der Waals surface area contributed by atoms with Gasteiger partial charge in [-0.1, -0.05) is 23.2 Å². The maximum absolute atomic E-state index is 12.0. The molecule has 2 amide bonds. The van der Waals surface area contributed by atoms with Gasteiger partial charge in [0, 0.05) is 0 Å². The number of halogens is 2. The molecule has 11 heteroatoms. The Balaban J connectivity index is 2.02. The summed E-state index contributed by atoms with van der Waals surface area (Å²) in [7, 11) is 3.01. The highest BCUT2D eigenvalue weighted by Gasteiger charge is 2.13. The van der Waals surface area contributed by atoms with Crippen LogP contribution in [0.2, 0.25) is 10.0 Å². The Hall–Kier alpha value is -3.17. The zero-order valence-electron chi connectivity index (χ0n) is 19.8. The summed E-state index contributed by atoms with van der Waals surface area (Å²) < 4.78 is 22.0. The Morgan fingerprint density at radius 2 is 1.18 bits per heavy atom. The van der Waals surface area contributed by atoms with Gasteiger partial charge < -0.3 is 18.9 Å². The number of nitrogens with zero attached hydrogens (tertiary/aromatic N) is 2. The highest BCUT2D eigenvalue weighted by atomic mass is 35.5. The summed E-state index contributed by atoms with van der Waals surface area (Å²) in [5.41, 5.74) is 5.84. The van der Waals surface area contributed by atoms with Gasteiger partial charge in [0.05, 0.1) is 48.9 Å². The molecule has 0 unspecified atom stereocenters. The quantitative estimate of drug-likeness (QED) is 0.335. The maximum atomic E-state index is 12.0. The second-order valence-electron chi connectivity index (χ2n) is 7.47. The third-order valence-corrected chi connectivity index (χ3v) is 4.52. The summed E-state index contributed by atoms with van der Waals surface area (Å²) in [5, 5.41) is 8.50. The van der Waals surface area contributed by atoms with Gasteiger partial charge in [0.25, 0.3) is 0 Å². The van der Waals surface area contributed by atoms with Crippen LogP contribution in [0.25, 0.3) is 0 Å². The van der Waals surface area contributed by atoms with Crippen LogP contribution in [0.15, 0.2) is 34.5 Å². The molecule has 2 aromatic carbocycles. The van der Waals surface area contributed by atoms with E-state index in [-0.39, 0.29) is 12.2 Å². The number of benzene rings is 2. The summed E-state index contributed by atoms with van der Waals surface area (Å²) >= 11 is 12.5. The van der Waals surface area contributed by atoms with Gasteiger partial charge in [-0.15, -0.1) is 0 Å². The molecule has 0 saturated carbocycles. The van der Waals surface area contributed by atoms with Crippen molar-refractivity contribution >= 4 is 41.7 Å². The molecule has 2 aromatic rings. The smallest absolute Gasteiger partial charge is 0.355 e. The lowest BCUT2D eigenvalue weighted by Gasteiger charge is -2.15. The monoisotopic (exact) mass is 510 g/mol. The molecule has 9 nitrogen and oxygen atoms in total. The normalized spacial score (nSPS) is 11.4. The average molecular weight is 511 g/mol. The van der Waals surface area contributed by atoms with Crippen molar-refractivity contribution in [2.45, 2.75) is 39.9 Å². The van der Waals surface area contributed by atoms with Gasteiger partial charge in [-0.25, -0.2) is 15.6 Å². The zero-order chi connectivity index (χ0) is 25.3. The number of hydrazone groups is 2. The number of amides is 2. The van der Waals surface area contributed by atoms with Crippen molar-refractivity contribution in [1.29, 1.82) is 0 Å². The fourth-order valence-electron chi connectivity index (χ4n) is 2.76. The van der Waals surface area contributed by atoms with Gasteiger partial charge in [0.15, 0.2) is 23.0 Å². The number of rotatable bonds is 10. The summed E-state index contributed by atoms with van der Waals surface area (Å²) in [4.78, 5) is 12.0. The van der Waals surface area contributed by atoms with Gasteiger partial charge in [0.1, 0.15) is 0 Å². The molecule has 0 saturated heterocycles. The van der Waals surface area contributed by atoms with E-state index < -0.39 is 6.03 Å². The Kier molecular flexibility index (Phi) is 10.3. The lowest BCUT2D eigenvalue weighted by molar-refractivity contribution is 0.230.